The molecular formula is C25H32ClN3O5S. The molecule has 1 saturated carbocycles. The van der Waals surface area contributed by atoms with Crippen LogP contribution in [0.25, 0.3) is 0 Å². The van der Waals surface area contributed by atoms with E-state index in [-0.39, 0.29) is 29.9 Å². The van der Waals surface area contributed by atoms with Crippen molar-refractivity contribution in [1.82, 2.24) is 10.2 Å². The van der Waals surface area contributed by atoms with E-state index < -0.39 is 28.5 Å². The lowest BCUT2D eigenvalue weighted by Crippen LogP contribution is -2.52. The Morgan fingerprint density at radius 3 is 2.40 bits per heavy atom. The van der Waals surface area contributed by atoms with Gasteiger partial charge in [-0.25, -0.2) is 8.42 Å². The predicted molar refractivity (Wildman–Crippen MR) is 137 cm³/mol. The standard InChI is InChI=1S/C25H32ClN3O5S/c1-18(25(31)27-21-11-7-8-12-21)28(16-19-9-5-4-6-10-19)24(30)17-29(35(3,32)33)22-15-20(26)13-14-23(22)34-2/h4-6,9-10,13-15,18,21H,7-8,11-12,16-17H2,1-3H3,(H,27,31). The van der Waals surface area contributed by atoms with Crippen LogP contribution in [0.15, 0.2) is 48.5 Å². The summed E-state index contributed by atoms with van der Waals surface area (Å²) in [5.74, 6) is -0.517. The van der Waals surface area contributed by atoms with Crippen molar-refractivity contribution in [1.29, 1.82) is 0 Å². The maximum absolute atomic E-state index is 13.6. The first-order chi connectivity index (χ1) is 16.6. The Labute approximate surface area is 212 Å². The summed E-state index contributed by atoms with van der Waals surface area (Å²) in [5, 5.41) is 3.34. The molecule has 1 unspecified atom stereocenters. The second-order valence-corrected chi connectivity index (χ2v) is 11.1. The Balaban J connectivity index is 1.91. The molecule has 35 heavy (non-hydrogen) atoms. The topological polar surface area (TPSA) is 96.0 Å². The first kappa shape index (κ1) is 26.8. The van der Waals surface area contributed by atoms with Crippen LogP contribution in [0.3, 0.4) is 0 Å². The van der Waals surface area contributed by atoms with Gasteiger partial charge in [0.2, 0.25) is 21.8 Å². The highest BCUT2D eigenvalue weighted by atomic mass is 35.5. The Kier molecular flexibility index (Phi) is 9.02. The van der Waals surface area contributed by atoms with E-state index >= 15 is 0 Å². The minimum absolute atomic E-state index is 0.0990. The molecule has 2 aromatic carbocycles. The van der Waals surface area contributed by atoms with Crippen LogP contribution in [-0.4, -0.2) is 57.1 Å². The normalized spacial score (nSPS) is 14.9. The lowest BCUT2D eigenvalue weighted by molar-refractivity contribution is -0.139. The van der Waals surface area contributed by atoms with E-state index in [0.29, 0.717) is 5.02 Å². The molecule has 0 aliphatic heterocycles. The molecule has 2 amide bonds. The Bertz CT molecular complexity index is 1140. The predicted octanol–water partition coefficient (Wildman–Crippen LogP) is 3.59. The van der Waals surface area contributed by atoms with E-state index in [1.54, 1.807) is 19.1 Å². The van der Waals surface area contributed by atoms with Gasteiger partial charge in [-0.15, -0.1) is 0 Å². The van der Waals surface area contributed by atoms with Gasteiger partial charge in [-0.2, -0.15) is 0 Å². The molecule has 1 fully saturated rings. The number of sulfonamides is 1. The first-order valence-corrected chi connectivity index (χ1v) is 13.8. The maximum atomic E-state index is 13.6. The van der Waals surface area contributed by atoms with Gasteiger partial charge in [0.05, 0.1) is 19.1 Å². The number of ether oxygens (including phenoxy) is 1. The van der Waals surface area contributed by atoms with Crippen LogP contribution in [0.1, 0.15) is 38.2 Å². The van der Waals surface area contributed by atoms with Crippen molar-refractivity contribution in [2.45, 2.75) is 51.2 Å². The molecule has 1 aliphatic carbocycles. The lowest BCUT2D eigenvalue weighted by Gasteiger charge is -2.32. The van der Waals surface area contributed by atoms with E-state index in [1.165, 1.54) is 18.1 Å². The van der Waals surface area contributed by atoms with E-state index in [1.807, 2.05) is 30.3 Å². The minimum atomic E-state index is -3.89. The number of benzene rings is 2. The molecule has 1 N–H and O–H groups in total. The number of carbonyl (C=O) groups is 2. The third-order valence-electron chi connectivity index (χ3n) is 6.15. The minimum Gasteiger partial charge on any atom is -0.495 e. The summed E-state index contributed by atoms with van der Waals surface area (Å²) in [6.07, 6.45) is 4.98. The van der Waals surface area contributed by atoms with Crippen molar-refractivity contribution in [3.63, 3.8) is 0 Å². The molecule has 1 aliphatic rings. The number of halogens is 1. The van der Waals surface area contributed by atoms with Gasteiger partial charge in [-0.3, -0.25) is 13.9 Å². The number of hydrogen-bond acceptors (Lipinski definition) is 5. The number of nitrogens with zero attached hydrogens (tertiary/aromatic N) is 2. The summed E-state index contributed by atoms with van der Waals surface area (Å²) < 4.78 is 31.8. The van der Waals surface area contributed by atoms with Crippen molar-refractivity contribution in [2.75, 3.05) is 24.2 Å². The number of hydrogen-bond donors (Lipinski definition) is 1. The van der Waals surface area contributed by atoms with Crippen molar-refractivity contribution < 1.29 is 22.7 Å². The van der Waals surface area contributed by atoms with Crippen LogP contribution < -0.4 is 14.4 Å². The van der Waals surface area contributed by atoms with Crippen LogP contribution in [-0.2, 0) is 26.2 Å². The molecule has 1 atom stereocenters. The summed E-state index contributed by atoms with van der Waals surface area (Å²) >= 11 is 6.12. The van der Waals surface area contributed by atoms with Crippen molar-refractivity contribution in [3.8, 4) is 5.75 Å². The van der Waals surface area contributed by atoms with Crippen LogP contribution in [0, 0.1) is 0 Å². The van der Waals surface area contributed by atoms with Crippen molar-refractivity contribution >= 4 is 39.1 Å². The van der Waals surface area contributed by atoms with Gasteiger partial charge >= 0.3 is 0 Å². The number of carbonyl (C=O) groups excluding carboxylic acids is 2. The van der Waals surface area contributed by atoms with Gasteiger partial charge in [-0.05, 0) is 43.5 Å². The Hall–Kier alpha value is -2.78. The third-order valence-corrected chi connectivity index (χ3v) is 7.51. The summed E-state index contributed by atoms with van der Waals surface area (Å²) in [5.41, 5.74) is 0.978. The molecule has 0 saturated heterocycles. The summed E-state index contributed by atoms with van der Waals surface area (Å²) in [4.78, 5) is 28.1. The fourth-order valence-electron chi connectivity index (χ4n) is 4.21. The zero-order valence-electron chi connectivity index (χ0n) is 20.2. The second kappa shape index (κ2) is 11.8. The third kappa shape index (κ3) is 7.11. The van der Waals surface area contributed by atoms with E-state index in [9.17, 15) is 18.0 Å². The molecule has 10 heteroatoms. The summed E-state index contributed by atoms with van der Waals surface area (Å²) in [7, 11) is -2.48. The van der Waals surface area contributed by atoms with Crippen LogP contribution in [0.5, 0.6) is 5.75 Å². The van der Waals surface area contributed by atoms with E-state index in [2.05, 4.69) is 5.32 Å². The fraction of sp³-hybridized carbons (Fsp3) is 0.440. The molecule has 8 nitrogen and oxygen atoms in total. The average Bonchev–Trinajstić information content (AvgIpc) is 3.33. The Morgan fingerprint density at radius 2 is 1.80 bits per heavy atom. The molecule has 3 rings (SSSR count). The summed E-state index contributed by atoms with van der Waals surface area (Å²) in [6, 6.07) is 13.1. The highest BCUT2D eigenvalue weighted by Gasteiger charge is 2.32. The molecule has 0 heterocycles. The van der Waals surface area contributed by atoms with Crippen LogP contribution in [0.4, 0.5) is 5.69 Å². The average molecular weight is 522 g/mol. The Morgan fingerprint density at radius 1 is 1.14 bits per heavy atom. The van der Waals surface area contributed by atoms with E-state index in [0.717, 1.165) is 41.8 Å². The van der Waals surface area contributed by atoms with Crippen LogP contribution >= 0.6 is 11.6 Å². The molecule has 0 bridgehead atoms. The largest absolute Gasteiger partial charge is 0.495 e. The first-order valence-electron chi connectivity index (χ1n) is 11.5. The van der Waals surface area contributed by atoms with Gasteiger partial charge in [-0.1, -0.05) is 54.8 Å². The van der Waals surface area contributed by atoms with Crippen molar-refractivity contribution in [2.24, 2.45) is 0 Å². The van der Waals surface area contributed by atoms with Crippen LogP contribution in [0.2, 0.25) is 5.02 Å². The second-order valence-electron chi connectivity index (χ2n) is 8.76. The van der Waals surface area contributed by atoms with E-state index in [4.69, 9.17) is 16.3 Å². The molecule has 0 aromatic heterocycles. The van der Waals surface area contributed by atoms with Gasteiger partial charge in [0, 0.05) is 17.6 Å². The van der Waals surface area contributed by atoms with Gasteiger partial charge < -0.3 is 15.0 Å². The number of anilines is 1. The van der Waals surface area contributed by atoms with Gasteiger partial charge in [0.25, 0.3) is 0 Å². The fourth-order valence-corrected chi connectivity index (χ4v) is 5.22. The quantitative estimate of drug-likeness (QED) is 0.515. The molecular weight excluding hydrogens is 490 g/mol. The smallest absolute Gasteiger partial charge is 0.244 e. The number of rotatable bonds is 10. The lowest BCUT2D eigenvalue weighted by atomic mass is 10.1. The number of amides is 2. The molecule has 190 valence electrons. The highest BCUT2D eigenvalue weighted by Crippen LogP contribution is 2.33. The summed E-state index contributed by atoms with van der Waals surface area (Å²) in [6.45, 7) is 1.31. The van der Waals surface area contributed by atoms with Gasteiger partial charge in [0.1, 0.15) is 18.3 Å². The molecule has 2 aromatic rings. The number of nitrogens with one attached hydrogen (secondary N) is 1. The van der Waals surface area contributed by atoms with Gasteiger partial charge in [0.15, 0.2) is 0 Å². The SMILES string of the molecule is COc1ccc(Cl)cc1N(CC(=O)N(Cc1ccccc1)C(C)C(=O)NC1CCCC1)S(C)(=O)=O. The highest BCUT2D eigenvalue weighted by molar-refractivity contribution is 7.92. The zero-order valence-corrected chi connectivity index (χ0v) is 21.8. The van der Waals surface area contributed by atoms with Crippen molar-refractivity contribution in [3.05, 3.63) is 59.1 Å². The number of methoxy groups -OCH3 is 1. The molecule has 0 spiro atoms. The zero-order chi connectivity index (χ0) is 25.6. The monoisotopic (exact) mass is 521 g/mol. The maximum Gasteiger partial charge on any atom is 0.244 e. The molecule has 0 radical (unpaired) electrons.